The van der Waals surface area contributed by atoms with E-state index in [1.54, 1.807) is 12.3 Å². The molecule has 0 bridgehead atoms. The number of carboxylic acid groups (broad SMARTS) is 1. The van der Waals surface area contributed by atoms with Gasteiger partial charge in [0.05, 0.1) is 28.6 Å². The van der Waals surface area contributed by atoms with E-state index in [4.69, 9.17) is 0 Å². The molecule has 4 aromatic rings. The zero-order valence-corrected chi connectivity index (χ0v) is 19.9. The number of thioether (sulfide) groups is 1. The summed E-state index contributed by atoms with van der Waals surface area (Å²) in [5.41, 5.74) is 0.398. The minimum absolute atomic E-state index is 0.00713. The number of rotatable bonds is 6. The van der Waals surface area contributed by atoms with Crippen molar-refractivity contribution in [3.63, 3.8) is 0 Å². The number of fused-ring (bicyclic) bond motifs is 2. The van der Waals surface area contributed by atoms with E-state index in [9.17, 15) is 28.7 Å². The summed E-state index contributed by atoms with van der Waals surface area (Å²) in [6.45, 7) is 0. The van der Waals surface area contributed by atoms with Crippen molar-refractivity contribution in [2.75, 3.05) is 17.2 Å². The van der Waals surface area contributed by atoms with Crippen molar-refractivity contribution in [2.45, 2.75) is 5.03 Å². The Labute approximate surface area is 201 Å². The fourth-order valence-electron chi connectivity index (χ4n) is 3.23. The highest BCUT2D eigenvalue weighted by Gasteiger charge is 2.20. The first-order valence-electron chi connectivity index (χ1n) is 9.29. The third kappa shape index (κ3) is 4.36. The molecule has 0 amide bonds. The van der Waals surface area contributed by atoms with Crippen molar-refractivity contribution in [3.8, 4) is 11.8 Å². The molecule has 0 unspecified atom stereocenters. The molecule has 2 heterocycles. The molecule has 172 valence electrons. The summed E-state index contributed by atoms with van der Waals surface area (Å²) in [4.78, 5) is 16.0. The Morgan fingerprint density at radius 3 is 2.68 bits per heavy atom. The number of nitrogens with one attached hydrogen (secondary N) is 1. The summed E-state index contributed by atoms with van der Waals surface area (Å²) in [6.07, 6.45) is 2.75. The Morgan fingerprint density at radius 1 is 1.26 bits per heavy atom. The van der Waals surface area contributed by atoms with Gasteiger partial charge in [0.15, 0.2) is 10.6 Å². The van der Waals surface area contributed by atoms with E-state index < -0.39 is 27.3 Å². The molecule has 4 rings (SSSR count). The number of carboxylic acids is 1. The predicted octanol–water partition coefficient (Wildman–Crippen LogP) is 4.63. The Balaban J connectivity index is 1.94. The maximum atomic E-state index is 11.9. The van der Waals surface area contributed by atoms with Gasteiger partial charge in [-0.25, -0.2) is 18.2 Å². The Kier molecular flexibility index (Phi) is 6.09. The Morgan fingerprint density at radius 2 is 2.03 bits per heavy atom. The lowest BCUT2D eigenvalue weighted by atomic mass is 10.0. The maximum Gasteiger partial charge on any atom is 0.339 e. The van der Waals surface area contributed by atoms with Crippen LogP contribution in [0.1, 0.15) is 15.9 Å². The van der Waals surface area contributed by atoms with Crippen LogP contribution in [0.2, 0.25) is 0 Å². The zero-order valence-electron chi connectivity index (χ0n) is 17.5. The van der Waals surface area contributed by atoms with Gasteiger partial charge in [-0.15, -0.1) is 22.0 Å². The van der Waals surface area contributed by atoms with E-state index in [0.29, 0.717) is 26.6 Å². The van der Waals surface area contributed by atoms with Crippen LogP contribution in [0.25, 0.3) is 21.8 Å². The molecule has 0 aliphatic rings. The van der Waals surface area contributed by atoms with Crippen LogP contribution in [0, 0.1) is 11.3 Å². The van der Waals surface area contributed by atoms with Crippen molar-refractivity contribution in [3.05, 3.63) is 41.5 Å². The Bertz CT molecular complexity index is 1660. The van der Waals surface area contributed by atoms with E-state index in [-0.39, 0.29) is 22.1 Å². The van der Waals surface area contributed by atoms with Crippen molar-refractivity contribution in [2.24, 2.45) is 10.2 Å². The van der Waals surface area contributed by atoms with Crippen LogP contribution in [0.3, 0.4) is 0 Å². The van der Waals surface area contributed by atoms with Gasteiger partial charge < -0.3 is 10.2 Å². The lowest BCUT2D eigenvalue weighted by Crippen LogP contribution is -2.10. The standard InChI is InChI=1S/C20H14N6O5S3/c1-32-18-9(8-21)6-12-17(22-18)25-33-19(12)24-23-14-7-11(20(28)29)16(27)10-4-3-5-13(15(10)14)26-34(2,30)31/h3-7,26-27H,1-2H3,(H,28,29)/b24-23+. The number of anilines is 1. The number of hydrogen-bond donors (Lipinski definition) is 3. The Hall–Kier alpha value is -3.80. The van der Waals surface area contributed by atoms with Crippen LogP contribution in [0.5, 0.6) is 5.75 Å². The first kappa shape index (κ1) is 23.4. The van der Waals surface area contributed by atoms with Crippen LogP contribution >= 0.6 is 23.3 Å². The zero-order chi connectivity index (χ0) is 24.6. The molecule has 2 aromatic carbocycles. The molecular weight excluding hydrogens is 500 g/mol. The van der Waals surface area contributed by atoms with Crippen molar-refractivity contribution < 1.29 is 23.4 Å². The highest BCUT2D eigenvalue weighted by molar-refractivity contribution is 7.98. The largest absolute Gasteiger partial charge is 0.506 e. The highest BCUT2D eigenvalue weighted by atomic mass is 32.2. The molecule has 0 aliphatic heterocycles. The van der Waals surface area contributed by atoms with Crippen LogP contribution in [-0.2, 0) is 10.0 Å². The molecule has 34 heavy (non-hydrogen) atoms. The number of hydrogen-bond acceptors (Lipinski definition) is 11. The minimum atomic E-state index is -3.70. The molecule has 0 atom stereocenters. The second-order valence-electron chi connectivity index (χ2n) is 6.92. The first-order chi connectivity index (χ1) is 16.1. The molecule has 11 nitrogen and oxygen atoms in total. The molecule has 0 fully saturated rings. The number of nitrogens with zero attached hydrogens (tertiary/aromatic N) is 5. The highest BCUT2D eigenvalue weighted by Crippen LogP contribution is 2.42. The van der Waals surface area contributed by atoms with Gasteiger partial charge in [-0.3, -0.25) is 4.72 Å². The first-order valence-corrected chi connectivity index (χ1v) is 13.2. The summed E-state index contributed by atoms with van der Waals surface area (Å²) in [5.74, 6) is -1.93. The molecule has 0 aliphatic carbocycles. The normalized spacial score (nSPS) is 11.8. The molecule has 3 N–H and O–H groups in total. The van der Waals surface area contributed by atoms with Gasteiger partial charge in [-0.05, 0) is 36.0 Å². The van der Waals surface area contributed by atoms with Gasteiger partial charge in [0.25, 0.3) is 0 Å². The molecule has 14 heteroatoms. The smallest absolute Gasteiger partial charge is 0.339 e. The number of sulfonamides is 1. The molecule has 0 radical (unpaired) electrons. The van der Waals surface area contributed by atoms with E-state index in [1.807, 2.05) is 0 Å². The number of phenols is 1. The molecule has 0 saturated carbocycles. The quantitative estimate of drug-likeness (QED) is 0.244. The number of benzene rings is 2. The number of nitriles is 1. The average molecular weight is 515 g/mol. The lowest BCUT2D eigenvalue weighted by Gasteiger charge is -2.12. The van der Waals surface area contributed by atoms with Crippen LogP contribution in [-0.4, -0.2) is 46.5 Å². The van der Waals surface area contributed by atoms with Crippen molar-refractivity contribution >= 4 is 77.5 Å². The third-order valence-electron chi connectivity index (χ3n) is 4.62. The fraction of sp³-hybridized carbons (Fsp3) is 0.100. The van der Waals surface area contributed by atoms with E-state index in [2.05, 4.69) is 30.4 Å². The number of pyridine rings is 1. The summed E-state index contributed by atoms with van der Waals surface area (Å²) >= 11 is 2.29. The lowest BCUT2D eigenvalue weighted by molar-refractivity contribution is 0.0694. The third-order valence-corrected chi connectivity index (χ3v) is 6.64. The van der Waals surface area contributed by atoms with Gasteiger partial charge in [0.1, 0.15) is 22.4 Å². The van der Waals surface area contributed by atoms with E-state index in [1.165, 1.54) is 30.0 Å². The van der Waals surface area contributed by atoms with Gasteiger partial charge in [-0.2, -0.15) is 9.64 Å². The van der Waals surface area contributed by atoms with Crippen LogP contribution in [0.4, 0.5) is 16.4 Å². The number of aromatic carboxylic acids is 1. The average Bonchev–Trinajstić information content (AvgIpc) is 3.18. The molecular formula is C20H14N6O5S3. The van der Waals surface area contributed by atoms with E-state index in [0.717, 1.165) is 23.9 Å². The number of carbonyl (C=O) groups is 1. The second kappa shape index (κ2) is 8.86. The van der Waals surface area contributed by atoms with Crippen LogP contribution < -0.4 is 4.72 Å². The van der Waals surface area contributed by atoms with Crippen molar-refractivity contribution in [1.82, 2.24) is 9.36 Å². The minimum Gasteiger partial charge on any atom is -0.506 e. The topological polar surface area (TPSA) is 178 Å². The fourth-order valence-corrected chi connectivity index (χ4v) is 4.94. The van der Waals surface area contributed by atoms with Gasteiger partial charge in [0, 0.05) is 10.8 Å². The number of aromatic nitrogens is 2. The van der Waals surface area contributed by atoms with Gasteiger partial charge in [0.2, 0.25) is 10.0 Å². The molecule has 0 saturated heterocycles. The SMILES string of the molecule is CSc1nc2nsc(/N=N/c3cc(C(=O)O)c(O)c4cccc(NS(C)(=O)=O)c34)c2cc1C#N. The van der Waals surface area contributed by atoms with Gasteiger partial charge >= 0.3 is 5.97 Å². The summed E-state index contributed by atoms with van der Waals surface area (Å²) in [6, 6.07) is 9.14. The predicted molar refractivity (Wildman–Crippen MR) is 129 cm³/mol. The molecule has 0 spiro atoms. The van der Waals surface area contributed by atoms with Gasteiger partial charge in [-0.1, -0.05) is 12.1 Å². The monoisotopic (exact) mass is 514 g/mol. The maximum absolute atomic E-state index is 11.9. The second-order valence-corrected chi connectivity index (χ2v) is 10.2. The number of aromatic hydroxyl groups is 1. The summed E-state index contributed by atoms with van der Waals surface area (Å²) < 4.78 is 30.3. The summed E-state index contributed by atoms with van der Waals surface area (Å²) in [7, 11) is -3.70. The summed E-state index contributed by atoms with van der Waals surface area (Å²) in [5, 5.41) is 39.3. The van der Waals surface area contributed by atoms with Crippen molar-refractivity contribution in [1.29, 1.82) is 5.26 Å². The molecule has 2 aromatic heterocycles. The number of azo groups is 1. The van der Waals surface area contributed by atoms with E-state index >= 15 is 0 Å². The van der Waals surface area contributed by atoms with Crippen LogP contribution in [0.15, 0.2) is 45.6 Å².